The summed E-state index contributed by atoms with van der Waals surface area (Å²) in [4.78, 5) is 31.2. The third-order valence-corrected chi connectivity index (χ3v) is 5.92. The maximum atomic E-state index is 13.1. The van der Waals surface area contributed by atoms with Crippen molar-refractivity contribution in [2.45, 2.75) is 31.9 Å². The van der Waals surface area contributed by atoms with E-state index < -0.39 is 12.1 Å². The van der Waals surface area contributed by atoms with E-state index in [2.05, 4.69) is 46.8 Å². The van der Waals surface area contributed by atoms with Crippen LogP contribution in [0.1, 0.15) is 29.2 Å². The molecule has 34 heavy (non-hydrogen) atoms. The Morgan fingerprint density at radius 2 is 1.88 bits per heavy atom. The predicted octanol–water partition coefficient (Wildman–Crippen LogP) is 3.51. The minimum absolute atomic E-state index is 0.0280. The van der Waals surface area contributed by atoms with E-state index in [4.69, 9.17) is 4.74 Å². The highest BCUT2D eigenvalue weighted by Gasteiger charge is 2.30. The van der Waals surface area contributed by atoms with Crippen molar-refractivity contribution in [2.24, 2.45) is 0 Å². The first-order valence-electron chi connectivity index (χ1n) is 11.5. The number of hydrogen-bond donors (Lipinski definition) is 2. The Morgan fingerprint density at radius 1 is 1.12 bits per heavy atom. The molecule has 2 aromatic carbocycles. The molecule has 7 nitrogen and oxygen atoms in total. The van der Waals surface area contributed by atoms with Crippen molar-refractivity contribution >= 4 is 17.6 Å². The summed E-state index contributed by atoms with van der Waals surface area (Å²) in [5.74, 6) is 0.708. The number of aromatic nitrogens is 1. The SMILES string of the molecule is Cc1ccc(CCN[C@H](C(=O)Nc2ccc(O[C@@H]3CCN(C)C3=O)cn2)c2ccccc2)cc1. The van der Waals surface area contributed by atoms with Crippen LogP contribution in [0.5, 0.6) is 5.75 Å². The lowest BCUT2D eigenvalue weighted by Crippen LogP contribution is -2.34. The number of likely N-dealkylation sites (N-methyl/N-ethyl adjacent to an activating group) is 1. The number of pyridine rings is 1. The normalized spacial score (nSPS) is 16.4. The van der Waals surface area contributed by atoms with E-state index in [1.54, 1.807) is 24.1 Å². The van der Waals surface area contributed by atoms with Crippen molar-refractivity contribution < 1.29 is 14.3 Å². The van der Waals surface area contributed by atoms with E-state index in [0.717, 1.165) is 12.0 Å². The third-order valence-electron chi connectivity index (χ3n) is 5.92. The number of aryl methyl sites for hydroxylation is 1. The van der Waals surface area contributed by atoms with Gasteiger partial charge in [0, 0.05) is 26.6 Å². The molecule has 2 heterocycles. The van der Waals surface area contributed by atoms with Crippen LogP contribution in [-0.2, 0) is 16.0 Å². The summed E-state index contributed by atoms with van der Waals surface area (Å²) in [5.41, 5.74) is 3.33. The molecule has 1 fully saturated rings. The molecule has 0 aliphatic carbocycles. The summed E-state index contributed by atoms with van der Waals surface area (Å²) in [5, 5.41) is 6.27. The van der Waals surface area contributed by atoms with Gasteiger partial charge in [-0.25, -0.2) is 4.98 Å². The molecule has 7 heteroatoms. The standard InChI is InChI=1S/C27H30N4O3/c1-19-8-10-20(11-9-19)14-16-28-25(21-6-4-3-5-7-21)26(32)30-24-13-12-22(18-29-24)34-23-15-17-31(2)27(23)33/h3-13,18,23,25,28H,14-17H2,1-2H3,(H,29,30,32)/t23-,25+/m1/s1. The van der Waals surface area contributed by atoms with E-state index >= 15 is 0 Å². The molecule has 1 aromatic heterocycles. The van der Waals surface area contributed by atoms with Gasteiger partial charge in [-0.3, -0.25) is 9.59 Å². The Kier molecular flexibility index (Phi) is 7.54. The van der Waals surface area contributed by atoms with E-state index in [9.17, 15) is 9.59 Å². The number of likely N-dealkylation sites (tertiary alicyclic amines) is 1. The molecule has 0 radical (unpaired) electrons. The van der Waals surface area contributed by atoms with Crippen molar-refractivity contribution in [3.05, 3.63) is 89.6 Å². The summed E-state index contributed by atoms with van der Waals surface area (Å²) in [6.45, 7) is 3.40. The van der Waals surface area contributed by atoms with Crippen molar-refractivity contribution in [3.63, 3.8) is 0 Å². The van der Waals surface area contributed by atoms with Gasteiger partial charge in [-0.2, -0.15) is 0 Å². The highest BCUT2D eigenvalue weighted by molar-refractivity contribution is 5.94. The van der Waals surface area contributed by atoms with Gasteiger partial charge in [0.2, 0.25) is 5.91 Å². The van der Waals surface area contributed by atoms with Gasteiger partial charge < -0.3 is 20.3 Å². The second kappa shape index (κ2) is 10.9. The molecule has 0 bridgehead atoms. The van der Waals surface area contributed by atoms with Crippen LogP contribution in [-0.4, -0.2) is 47.9 Å². The molecule has 4 rings (SSSR count). The van der Waals surface area contributed by atoms with Gasteiger partial charge in [0.05, 0.1) is 6.20 Å². The zero-order valence-corrected chi connectivity index (χ0v) is 19.5. The smallest absolute Gasteiger partial charge is 0.263 e. The zero-order chi connectivity index (χ0) is 23.9. The lowest BCUT2D eigenvalue weighted by Gasteiger charge is -2.19. The second-order valence-electron chi connectivity index (χ2n) is 8.56. The first-order valence-corrected chi connectivity index (χ1v) is 11.5. The first kappa shape index (κ1) is 23.4. The van der Waals surface area contributed by atoms with Crippen molar-refractivity contribution in [1.82, 2.24) is 15.2 Å². The zero-order valence-electron chi connectivity index (χ0n) is 19.5. The fourth-order valence-corrected chi connectivity index (χ4v) is 3.91. The fraction of sp³-hybridized carbons (Fsp3) is 0.296. The molecule has 2 amide bonds. The van der Waals surface area contributed by atoms with Gasteiger partial charge in [0.15, 0.2) is 6.10 Å². The Balaban J connectivity index is 1.38. The van der Waals surface area contributed by atoms with Gasteiger partial charge >= 0.3 is 0 Å². The Labute approximate surface area is 200 Å². The topological polar surface area (TPSA) is 83.6 Å². The van der Waals surface area contributed by atoms with Crippen LogP contribution >= 0.6 is 0 Å². The Hall–Kier alpha value is -3.71. The number of nitrogens with zero attached hydrogens (tertiary/aromatic N) is 2. The van der Waals surface area contributed by atoms with Crippen LogP contribution in [0.2, 0.25) is 0 Å². The molecule has 3 aromatic rings. The summed E-state index contributed by atoms with van der Waals surface area (Å²) in [6, 6.07) is 20.9. The maximum absolute atomic E-state index is 13.1. The molecule has 2 atom stereocenters. The molecule has 0 unspecified atom stereocenters. The van der Waals surface area contributed by atoms with Gasteiger partial charge in [-0.05, 0) is 36.6 Å². The maximum Gasteiger partial charge on any atom is 0.263 e. The predicted molar refractivity (Wildman–Crippen MR) is 132 cm³/mol. The number of anilines is 1. The van der Waals surface area contributed by atoms with Gasteiger partial charge in [-0.1, -0.05) is 60.2 Å². The minimum Gasteiger partial charge on any atom is -0.479 e. The summed E-state index contributed by atoms with van der Waals surface area (Å²) in [6.07, 6.45) is 2.52. The molecule has 1 aliphatic heterocycles. The Morgan fingerprint density at radius 3 is 2.53 bits per heavy atom. The van der Waals surface area contributed by atoms with Crippen LogP contribution < -0.4 is 15.4 Å². The van der Waals surface area contributed by atoms with E-state index in [1.807, 2.05) is 30.3 Å². The molecular weight excluding hydrogens is 428 g/mol. The quantitative estimate of drug-likeness (QED) is 0.513. The molecule has 0 saturated carbocycles. The van der Waals surface area contributed by atoms with Gasteiger partial charge in [-0.15, -0.1) is 0 Å². The van der Waals surface area contributed by atoms with Crippen LogP contribution in [0.4, 0.5) is 5.82 Å². The molecule has 1 aliphatic rings. The number of rotatable bonds is 9. The number of amides is 2. The highest BCUT2D eigenvalue weighted by atomic mass is 16.5. The van der Waals surface area contributed by atoms with Crippen LogP contribution in [0.3, 0.4) is 0 Å². The average molecular weight is 459 g/mol. The average Bonchev–Trinajstić information content (AvgIpc) is 3.17. The van der Waals surface area contributed by atoms with Crippen molar-refractivity contribution in [3.8, 4) is 5.75 Å². The number of nitrogens with one attached hydrogen (secondary N) is 2. The number of benzene rings is 2. The summed E-state index contributed by atoms with van der Waals surface area (Å²) < 4.78 is 5.76. The summed E-state index contributed by atoms with van der Waals surface area (Å²) >= 11 is 0. The second-order valence-corrected chi connectivity index (χ2v) is 8.56. The van der Waals surface area contributed by atoms with E-state index in [1.165, 1.54) is 17.3 Å². The first-order chi connectivity index (χ1) is 16.5. The van der Waals surface area contributed by atoms with E-state index in [0.29, 0.717) is 31.1 Å². The van der Waals surface area contributed by atoms with Gasteiger partial charge in [0.1, 0.15) is 17.6 Å². The van der Waals surface area contributed by atoms with Crippen molar-refractivity contribution in [1.29, 1.82) is 0 Å². The fourth-order valence-electron chi connectivity index (χ4n) is 3.91. The van der Waals surface area contributed by atoms with Crippen molar-refractivity contribution in [2.75, 3.05) is 25.5 Å². The molecule has 1 saturated heterocycles. The van der Waals surface area contributed by atoms with Gasteiger partial charge in [0.25, 0.3) is 5.91 Å². The monoisotopic (exact) mass is 458 g/mol. The molecular formula is C27H30N4O3. The molecule has 0 spiro atoms. The Bertz CT molecular complexity index is 1100. The lowest BCUT2D eigenvalue weighted by atomic mass is 10.1. The highest BCUT2D eigenvalue weighted by Crippen LogP contribution is 2.20. The van der Waals surface area contributed by atoms with Crippen LogP contribution in [0.15, 0.2) is 72.9 Å². The van der Waals surface area contributed by atoms with E-state index in [-0.39, 0.29) is 11.8 Å². The van der Waals surface area contributed by atoms with Crippen LogP contribution in [0.25, 0.3) is 0 Å². The number of carbonyl (C=O) groups excluding carboxylic acids is 2. The lowest BCUT2D eigenvalue weighted by molar-refractivity contribution is -0.132. The number of ether oxygens (including phenoxy) is 1. The molecule has 176 valence electrons. The molecule has 2 N–H and O–H groups in total. The van der Waals surface area contributed by atoms with Crippen LogP contribution in [0, 0.1) is 6.92 Å². The number of hydrogen-bond acceptors (Lipinski definition) is 5. The third kappa shape index (κ3) is 5.99. The minimum atomic E-state index is -0.518. The number of carbonyl (C=O) groups is 2. The summed E-state index contributed by atoms with van der Waals surface area (Å²) in [7, 11) is 1.76. The largest absolute Gasteiger partial charge is 0.479 e.